The van der Waals surface area contributed by atoms with Crippen LogP contribution in [0.3, 0.4) is 0 Å². The van der Waals surface area contributed by atoms with Crippen LogP contribution in [-0.2, 0) is 19.6 Å². The van der Waals surface area contributed by atoms with Crippen molar-refractivity contribution in [3.05, 3.63) is 23.8 Å². The molecule has 122 valence electrons. The van der Waals surface area contributed by atoms with Crippen molar-refractivity contribution in [1.29, 1.82) is 0 Å². The molecule has 0 unspecified atom stereocenters. The van der Waals surface area contributed by atoms with E-state index in [-0.39, 0.29) is 16.9 Å². The Morgan fingerprint density at radius 3 is 2.77 bits per heavy atom. The quantitative estimate of drug-likeness (QED) is 0.735. The molecule has 0 saturated carbocycles. The minimum absolute atomic E-state index is 0.147. The normalized spacial score (nSPS) is 22.3. The second-order valence-electron chi connectivity index (χ2n) is 5.13. The number of amides is 1. The van der Waals surface area contributed by atoms with E-state index in [9.17, 15) is 13.2 Å². The molecule has 22 heavy (non-hydrogen) atoms. The van der Waals surface area contributed by atoms with Crippen LogP contribution >= 0.6 is 0 Å². The first kappa shape index (κ1) is 16.9. The number of rotatable bonds is 4. The lowest BCUT2D eigenvalue weighted by Gasteiger charge is -2.29. The molecule has 2 atom stereocenters. The highest BCUT2D eigenvalue weighted by atomic mass is 32.2. The zero-order chi connectivity index (χ0) is 16.3. The summed E-state index contributed by atoms with van der Waals surface area (Å²) in [6, 6.07) is 4.32. The minimum atomic E-state index is -3.56. The van der Waals surface area contributed by atoms with Gasteiger partial charge >= 0.3 is 0 Å². The van der Waals surface area contributed by atoms with Crippen LogP contribution in [0.25, 0.3) is 0 Å². The highest BCUT2D eigenvalue weighted by molar-refractivity contribution is 7.89. The summed E-state index contributed by atoms with van der Waals surface area (Å²) >= 11 is 0. The molecule has 1 aliphatic heterocycles. The average molecular weight is 327 g/mol. The molecule has 7 nitrogen and oxygen atoms in total. The zero-order valence-electron chi connectivity index (χ0n) is 12.8. The minimum Gasteiger partial charge on any atom is -0.375 e. The fourth-order valence-corrected chi connectivity index (χ4v) is 3.38. The van der Waals surface area contributed by atoms with Gasteiger partial charge in [-0.25, -0.2) is 13.1 Å². The van der Waals surface area contributed by atoms with E-state index in [1.807, 2.05) is 6.92 Å². The number of hydrogen-bond acceptors (Lipinski definition) is 5. The maximum atomic E-state index is 12.3. The third kappa shape index (κ3) is 3.46. The number of morpholine rings is 1. The summed E-state index contributed by atoms with van der Waals surface area (Å²) < 4.78 is 31.6. The van der Waals surface area contributed by atoms with Crippen molar-refractivity contribution in [2.45, 2.75) is 30.9 Å². The van der Waals surface area contributed by atoms with E-state index in [0.717, 1.165) is 0 Å². The van der Waals surface area contributed by atoms with Gasteiger partial charge in [0.15, 0.2) is 0 Å². The molecule has 0 radical (unpaired) electrons. The van der Waals surface area contributed by atoms with Gasteiger partial charge in [0.2, 0.25) is 15.9 Å². The Hall–Kier alpha value is -1.48. The van der Waals surface area contributed by atoms with Gasteiger partial charge in [-0.05, 0) is 38.6 Å². The number of sulfonamides is 1. The first-order valence-corrected chi connectivity index (χ1v) is 8.54. The summed E-state index contributed by atoms with van der Waals surface area (Å²) in [5.41, 5.74) is 0.968. The molecule has 0 bridgehead atoms. The van der Waals surface area contributed by atoms with Crippen molar-refractivity contribution in [3.8, 4) is 0 Å². The van der Waals surface area contributed by atoms with Crippen LogP contribution < -0.4 is 15.4 Å². The van der Waals surface area contributed by atoms with Crippen LogP contribution in [0.4, 0.5) is 5.69 Å². The van der Waals surface area contributed by atoms with Crippen molar-refractivity contribution in [3.63, 3.8) is 0 Å². The van der Waals surface area contributed by atoms with Crippen LogP contribution in [-0.4, -0.2) is 46.7 Å². The van der Waals surface area contributed by atoms with E-state index in [1.165, 1.54) is 13.1 Å². The summed E-state index contributed by atoms with van der Waals surface area (Å²) in [6.07, 6.45) is -0.238. The lowest BCUT2D eigenvalue weighted by atomic mass is 10.1. The molecule has 0 aromatic heterocycles. The summed E-state index contributed by atoms with van der Waals surface area (Å²) in [4.78, 5) is 12.5. The third-order valence-corrected chi connectivity index (χ3v) is 5.26. The van der Waals surface area contributed by atoms with Crippen molar-refractivity contribution in [1.82, 2.24) is 10.0 Å². The van der Waals surface area contributed by atoms with Gasteiger partial charge in [0, 0.05) is 12.2 Å². The molecule has 1 aliphatic rings. The Labute approximate surface area is 130 Å². The molecular formula is C14H21N3O4S. The number of benzene rings is 1. The zero-order valence-corrected chi connectivity index (χ0v) is 13.7. The van der Waals surface area contributed by atoms with Crippen molar-refractivity contribution < 1.29 is 17.9 Å². The molecule has 8 heteroatoms. The van der Waals surface area contributed by atoms with Gasteiger partial charge in [0.25, 0.3) is 0 Å². The first-order chi connectivity index (χ1) is 10.4. The van der Waals surface area contributed by atoms with Crippen molar-refractivity contribution in [2.75, 3.05) is 25.5 Å². The summed E-state index contributed by atoms with van der Waals surface area (Å²) in [5, 5.41) is 5.87. The molecule has 1 heterocycles. The van der Waals surface area contributed by atoms with Crippen LogP contribution in [0.2, 0.25) is 0 Å². The molecule has 1 aromatic carbocycles. The Kier molecular flexibility index (Phi) is 5.17. The van der Waals surface area contributed by atoms with E-state index in [4.69, 9.17) is 4.74 Å². The molecule has 0 aliphatic carbocycles. The molecule has 2 rings (SSSR count). The van der Waals surface area contributed by atoms with Gasteiger partial charge in [0.05, 0.1) is 17.6 Å². The lowest BCUT2D eigenvalue weighted by molar-refractivity contribution is -0.123. The number of hydrogen-bond donors (Lipinski definition) is 3. The second-order valence-corrected chi connectivity index (χ2v) is 6.99. The van der Waals surface area contributed by atoms with E-state index in [1.54, 1.807) is 19.1 Å². The molecule has 1 aromatic rings. The fraction of sp³-hybridized carbons (Fsp3) is 0.500. The second kappa shape index (κ2) is 6.74. The number of nitrogens with one attached hydrogen (secondary N) is 3. The lowest BCUT2D eigenvalue weighted by Crippen LogP contribution is -2.53. The molecule has 1 saturated heterocycles. The topological polar surface area (TPSA) is 96.5 Å². The number of carbonyl (C=O) groups is 1. The maximum absolute atomic E-state index is 12.3. The summed E-state index contributed by atoms with van der Waals surface area (Å²) in [6.45, 7) is 4.66. The van der Waals surface area contributed by atoms with E-state index in [0.29, 0.717) is 24.4 Å². The predicted molar refractivity (Wildman–Crippen MR) is 83.3 cm³/mol. The van der Waals surface area contributed by atoms with E-state index >= 15 is 0 Å². The highest BCUT2D eigenvalue weighted by Crippen LogP contribution is 2.23. The maximum Gasteiger partial charge on any atom is 0.244 e. The van der Waals surface area contributed by atoms with E-state index < -0.39 is 16.1 Å². The number of anilines is 1. The van der Waals surface area contributed by atoms with Crippen LogP contribution in [0.1, 0.15) is 12.5 Å². The molecule has 3 N–H and O–H groups in total. The first-order valence-electron chi connectivity index (χ1n) is 7.06. The van der Waals surface area contributed by atoms with Gasteiger partial charge in [0.1, 0.15) is 6.04 Å². The Morgan fingerprint density at radius 1 is 1.41 bits per heavy atom. The fourth-order valence-electron chi connectivity index (χ4n) is 2.39. The smallest absolute Gasteiger partial charge is 0.244 e. The SMILES string of the molecule is CNS(=O)(=O)c1cccc(NC(=O)[C@H]2NCCO[C@@H]2C)c1C. The monoisotopic (exact) mass is 327 g/mol. The van der Waals surface area contributed by atoms with Gasteiger partial charge in [-0.1, -0.05) is 6.07 Å². The largest absolute Gasteiger partial charge is 0.375 e. The summed E-state index contributed by atoms with van der Waals surface area (Å²) in [7, 11) is -2.21. The number of ether oxygens (including phenoxy) is 1. The molecular weight excluding hydrogens is 306 g/mol. The standard InChI is InChI=1S/C14H21N3O4S/c1-9-11(5-4-6-12(9)22(19,20)15-3)17-14(18)13-10(2)21-8-7-16-13/h4-6,10,13,15-16H,7-8H2,1-3H3,(H,17,18)/t10-,13+/m1/s1. The van der Waals surface area contributed by atoms with Gasteiger partial charge in [-0.2, -0.15) is 0 Å². The Morgan fingerprint density at radius 2 is 2.14 bits per heavy atom. The number of carbonyl (C=O) groups excluding carboxylic acids is 1. The highest BCUT2D eigenvalue weighted by Gasteiger charge is 2.29. The Balaban J connectivity index is 2.23. The van der Waals surface area contributed by atoms with Gasteiger partial charge < -0.3 is 15.4 Å². The Bertz CT molecular complexity index is 660. The van der Waals surface area contributed by atoms with E-state index in [2.05, 4.69) is 15.4 Å². The molecule has 0 spiro atoms. The van der Waals surface area contributed by atoms with Crippen LogP contribution in [0.15, 0.2) is 23.1 Å². The average Bonchev–Trinajstić information content (AvgIpc) is 2.49. The van der Waals surface area contributed by atoms with Crippen molar-refractivity contribution in [2.24, 2.45) is 0 Å². The van der Waals surface area contributed by atoms with Gasteiger partial charge in [-0.3, -0.25) is 4.79 Å². The van der Waals surface area contributed by atoms with Crippen LogP contribution in [0, 0.1) is 6.92 Å². The van der Waals surface area contributed by atoms with Crippen LogP contribution in [0.5, 0.6) is 0 Å². The molecule has 1 fully saturated rings. The summed E-state index contributed by atoms with van der Waals surface area (Å²) in [5.74, 6) is -0.241. The molecule has 1 amide bonds. The predicted octanol–water partition coefficient (Wildman–Crippen LogP) is 0.219. The third-order valence-electron chi connectivity index (χ3n) is 3.70. The van der Waals surface area contributed by atoms with Crippen molar-refractivity contribution >= 4 is 21.6 Å². The van der Waals surface area contributed by atoms with Gasteiger partial charge in [-0.15, -0.1) is 0 Å².